The Morgan fingerprint density at radius 3 is 2.37 bits per heavy atom. The zero-order chi connectivity index (χ0) is 30.0. The van der Waals surface area contributed by atoms with Crippen LogP contribution in [-0.4, -0.2) is 82.5 Å². The van der Waals surface area contributed by atoms with E-state index in [0.717, 1.165) is 38.2 Å². The Bertz CT molecular complexity index is 1530. The molecule has 0 saturated heterocycles. The zero-order valence-electron chi connectivity index (χ0n) is 24.0. The number of likely N-dealkylation sites (N-methyl/N-ethyl adjacent to an activating group) is 1. The third-order valence-electron chi connectivity index (χ3n) is 8.94. The fourth-order valence-electron chi connectivity index (χ4n) is 6.99. The van der Waals surface area contributed by atoms with E-state index in [4.69, 9.17) is 0 Å². The number of aromatic hydroxyl groups is 1. The maximum atomic E-state index is 14.1. The number of allylic oxidation sites excluding steroid dienone is 3. The molecular weight excluding hydrogens is 524 g/mol. The van der Waals surface area contributed by atoms with Crippen LogP contribution < -0.4 is 4.90 Å². The van der Waals surface area contributed by atoms with Crippen molar-refractivity contribution in [2.24, 2.45) is 11.8 Å². The summed E-state index contributed by atoms with van der Waals surface area (Å²) in [4.78, 5) is 43.5. The van der Waals surface area contributed by atoms with Gasteiger partial charge in [-0.15, -0.1) is 0 Å². The molecule has 9 heteroatoms. The van der Waals surface area contributed by atoms with E-state index in [0.29, 0.717) is 11.3 Å². The number of benzene rings is 1. The summed E-state index contributed by atoms with van der Waals surface area (Å²) < 4.78 is 0. The fourth-order valence-corrected chi connectivity index (χ4v) is 6.99. The number of hydrogen-bond donors (Lipinski definition) is 4. The van der Waals surface area contributed by atoms with Gasteiger partial charge < -0.3 is 25.3 Å². The van der Waals surface area contributed by atoms with E-state index in [1.807, 2.05) is 19.0 Å². The van der Waals surface area contributed by atoms with Gasteiger partial charge >= 0.3 is 0 Å². The second kappa shape index (κ2) is 10.2. The number of hydrogen-bond acceptors (Lipinski definition) is 9. The summed E-state index contributed by atoms with van der Waals surface area (Å²) in [6, 6.07) is 0.803. The fraction of sp³-hybridized carbons (Fsp3) is 0.469. The molecule has 1 aromatic carbocycles. The smallest absolute Gasteiger partial charge is 0.209 e. The molecule has 2 unspecified atom stereocenters. The second-order valence-electron chi connectivity index (χ2n) is 11.9. The number of phenolic OH excluding ortho intramolecular Hbond substituents is 1. The van der Waals surface area contributed by atoms with Crippen molar-refractivity contribution in [2.45, 2.75) is 57.1 Å². The van der Waals surface area contributed by atoms with Crippen LogP contribution >= 0.6 is 0 Å². The SMILES string of the molecule is CC(=O)C1=C(O)[C@@H](N(C)C)C2CC3Cc4c(N(C)C)cc(C#CC5=CCCCC5)c(O)c4C(=O)C3=C(O)[C@]2(O)C1=O. The topological polar surface area (TPSA) is 139 Å². The molecule has 216 valence electrons. The highest BCUT2D eigenvalue weighted by Crippen LogP contribution is 2.53. The van der Waals surface area contributed by atoms with E-state index in [9.17, 15) is 34.8 Å². The lowest BCUT2D eigenvalue weighted by molar-refractivity contribution is -0.148. The molecule has 0 amide bonds. The molecule has 0 spiro atoms. The van der Waals surface area contributed by atoms with Crippen molar-refractivity contribution >= 4 is 23.0 Å². The van der Waals surface area contributed by atoms with E-state index < -0.39 is 57.9 Å². The van der Waals surface area contributed by atoms with Crippen molar-refractivity contribution in [3.8, 4) is 17.6 Å². The lowest BCUT2D eigenvalue weighted by atomic mass is 9.58. The number of Topliss-reactive ketones (excluding diaryl/α,β-unsaturated/α-hetero) is 3. The Balaban J connectivity index is 1.70. The number of anilines is 1. The minimum absolute atomic E-state index is 0.0180. The van der Waals surface area contributed by atoms with Crippen LogP contribution in [0.3, 0.4) is 0 Å². The van der Waals surface area contributed by atoms with Crippen LogP contribution in [0.5, 0.6) is 5.75 Å². The van der Waals surface area contributed by atoms with Gasteiger partial charge in [0.2, 0.25) is 5.78 Å². The number of aliphatic hydroxyl groups is 3. The Labute approximate surface area is 239 Å². The first-order valence-electron chi connectivity index (χ1n) is 13.9. The van der Waals surface area contributed by atoms with Crippen molar-refractivity contribution in [1.82, 2.24) is 4.90 Å². The molecular formula is C32H36N2O7. The normalized spacial score (nSPS) is 27.5. The number of carbonyl (C=O) groups excluding carboxylic acids is 3. The average Bonchev–Trinajstić information content (AvgIpc) is 2.90. The molecule has 0 bridgehead atoms. The standard InChI is InChI=1S/C32H36N2O7/c1-16(35)23-29(38)26(34(4)5)21-14-19-13-20-22(33(2)3)15-18(12-11-17-9-7-6-8-10-17)27(36)25(20)28(37)24(19)31(40)32(21,41)30(23)39/h9,15,19,21,26,36,38,40-41H,6-8,10,13-14H2,1-5H3/t19?,21?,26-,32+/m0/s1. The van der Waals surface area contributed by atoms with Crippen molar-refractivity contribution in [3.05, 3.63) is 57.1 Å². The van der Waals surface area contributed by atoms with Gasteiger partial charge in [0, 0.05) is 31.3 Å². The third kappa shape index (κ3) is 4.28. The highest BCUT2D eigenvalue weighted by Gasteiger charge is 2.63. The number of rotatable bonds is 3. The van der Waals surface area contributed by atoms with E-state index in [1.165, 1.54) is 0 Å². The van der Waals surface area contributed by atoms with Crippen molar-refractivity contribution in [1.29, 1.82) is 0 Å². The van der Waals surface area contributed by atoms with Crippen LogP contribution in [0.1, 0.15) is 60.5 Å². The first-order valence-corrected chi connectivity index (χ1v) is 13.9. The van der Waals surface area contributed by atoms with Crippen LogP contribution in [-0.2, 0) is 16.0 Å². The predicted octanol–water partition coefficient (Wildman–Crippen LogP) is 3.14. The first kappa shape index (κ1) is 28.7. The summed E-state index contributed by atoms with van der Waals surface area (Å²) in [7, 11) is 6.93. The molecule has 0 radical (unpaired) electrons. The van der Waals surface area contributed by atoms with Gasteiger partial charge in [-0.05, 0) is 82.7 Å². The van der Waals surface area contributed by atoms with Gasteiger partial charge in [-0.1, -0.05) is 17.9 Å². The monoisotopic (exact) mass is 560 g/mol. The van der Waals surface area contributed by atoms with Gasteiger partial charge in [0.05, 0.1) is 17.2 Å². The minimum Gasteiger partial charge on any atom is -0.510 e. The second-order valence-corrected chi connectivity index (χ2v) is 11.9. The molecule has 4 atom stereocenters. The molecule has 5 rings (SSSR count). The minimum atomic E-state index is -2.59. The largest absolute Gasteiger partial charge is 0.510 e. The van der Waals surface area contributed by atoms with Gasteiger partial charge in [0.15, 0.2) is 17.2 Å². The van der Waals surface area contributed by atoms with Crippen LogP contribution in [0.25, 0.3) is 0 Å². The van der Waals surface area contributed by atoms with E-state index in [2.05, 4.69) is 17.9 Å². The lowest BCUT2D eigenvalue weighted by Crippen LogP contribution is -2.63. The van der Waals surface area contributed by atoms with Gasteiger partial charge in [0.25, 0.3) is 0 Å². The highest BCUT2D eigenvalue weighted by atomic mass is 16.3. The average molecular weight is 561 g/mol. The summed E-state index contributed by atoms with van der Waals surface area (Å²) in [6.07, 6.45) is 6.37. The molecule has 9 nitrogen and oxygen atoms in total. The molecule has 0 fully saturated rings. The van der Waals surface area contributed by atoms with Crippen molar-refractivity contribution < 1.29 is 34.8 Å². The lowest BCUT2D eigenvalue weighted by Gasteiger charge is -2.50. The summed E-state index contributed by atoms with van der Waals surface area (Å²) in [6.45, 7) is 1.10. The van der Waals surface area contributed by atoms with Crippen LogP contribution in [0.2, 0.25) is 0 Å². The van der Waals surface area contributed by atoms with Crippen molar-refractivity contribution in [3.63, 3.8) is 0 Å². The molecule has 0 aromatic heterocycles. The molecule has 4 aliphatic rings. The van der Waals surface area contributed by atoms with Gasteiger partial charge in [-0.3, -0.25) is 19.3 Å². The molecule has 41 heavy (non-hydrogen) atoms. The van der Waals surface area contributed by atoms with E-state index in [1.54, 1.807) is 25.1 Å². The van der Waals surface area contributed by atoms with E-state index in [-0.39, 0.29) is 35.3 Å². The van der Waals surface area contributed by atoms with Gasteiger partial charge in [-0.2, -0.15) is 0 Å². The number of fused-ring (bicyclic) bond motifs is 3. The quantitative estimate of drug-likeness (QED) is 0.324. The molecule has 4 aliphatic carbocycles. The Kier molecular flexibility index (Phi) is 7.13. The summed E-state index contributed by atoms with van der Waals surface area (Å²) in [5.41, 5.74) is -0.836. The number of aliphatic hydroxyl groups excluding tert-OH is 2. The number of ketones is 3. The molecule has 0 saturated carbocycles. The summed E-state index contributed by atoms with van der Waals surface area (Å²) >= 11 is 0. The Hall–Kier alpha value is -3.87. The number of carbonyl (C=O) groups is 3. The maximum Gasteiger partial charge on any atom is 0.209 e. The highest BCUT2D eigenvalue weighted by molar-refractivity contribution is 6.25. The Morgan fingerprint density at radius 2 is 1.78 bits per heavy atom. The van der Waals surface area contributed by atoms with Crippen LogP contribution in [0.4, 0.5) is 5.69 Å². The predicted molar refractivity (Wildman–Crippen MR) is 153 cm³/mol. The molecule has 1 aromatic rings. The Morgan fingerprint density at radius 1 is 1.07 bits per heavy atom. The number of phenols is 1. The summed E-state index contributed by atoms with van der Waals surface area (Å²) in [5.74, 6) is 0.346. The van der Waals surface area contributed by atoms with Gasteiger partial charge in [-0.25, -0.2) is 0 Å². The van der Waals surface area contributed by atoms with Crippen LogP contribution in [0, 0.1) is 23.7 Å². The number of nitrogens with zero attached hydrogens (tertiary/aromatic N) is 2. The van der Waals surface area contributed by atoms with E-state index >= 15 is 0 Å². The van der Waals surface area contributed by atoms with Crippen molar-refractivity contribution in [2.75, 3.05) is 33.1 Å². The third-order valence-corrected chi connectivity index (χ3v) is 8.94. The van der Waals surface area contributed by atoms with Crippen LogP contribution in [0.15, 0.2) is 40.4 Å². The molecule has 0 aliphatic heterocycles. The molecule has 0 heterocycles. The maximum absolute atomic E-state index is 14.1. The first-order chi connectivity index (χ1) is 19.3. The summed E-state index contributed by atoms with van der Waals surface area (Å²) in [5, 5.41) is 45.7. The molecule has 4 N–H and O–H groups in total. The zero-order valence-corrected chi connectivity index (χ0v) is 24.0. The van der Waals surface area contributed by atoms with Gasteiger partial charge in [0.1, 0.15) is 22.8 Å².